The molecule has 0 aliphatic rings. The van der Waals surface area contributed by atoms with Gasteiger partial charge in [-0.25, -0.2) is 0 Å². The molecule has 7 nitrogen and oxygen atoms in total. The molecule has 0 aliphatic heterocycles. The third-order valence-corrected chi connectivity index (χ3v) is 2.74. The SMILES string of the molecule is CN(Cc1ccco1)c1cccc(NN)c1[N+](=O)[O-]. The van der Waals surface area contributed by atoms with Crippen LogP contribution < -0.4 is 16.2 Å². The van der Waals surface area contributed by atoms with E-state index in [1.165, 1.54) is 0 Å². The minimum absolute atomic E-state index is 0.0564. The van der Waals surface area contributed by atoms with Crippen molar-refractivity contribution in [3.8, 4) is 0 Å². The van der Waals surface area contributed by atoms with Gasteiger partial charge in [-0.05, 0) is 24.3 Å². The van der Waals surface area contributed by atoms with Crippen LogP contribution in [0.15, 0.2) is 41.0 Å². The molecule has 0 radical (unpaired) electrons. The molecule has 0 saturated carbocycles. The van der Waals surface area contributed by atoms with Crippen LogP contribution in [-0.4, -0.2) is 12.0 Å². The first-order chi connectivity index (χ1) is 9.13. The highest BCUT2D eigenvalue weighted by Gasteiger charge is 2.22. The van der Waals surface area contributed by atoms with Crippen molar-refractivity contribution in [3.05, 3.63) is 52.5 Å². The molecule has 0 spiro atoms. The van der Waals surface area contributed by atoms with E-state index >= 15 is 0 Å². The van der Waals surface area contributed by atoms with Crippen LogP contribution >= 0.6 is 0 Å². The summed E-state index contributed by atoms with van der Waals surface area (Å²) < 4.78 is 5.23. The predicted octanol–water partition coefficient (Wildman–Crippen LogP) is 2.11. The van der Waals surface area contributed by atoms with Crippen molar-refractivity contribution in [2.24, 2.45) is 5.84 Å². The highest BCUT2D eigenvalue weighted by Crippen LogP contribution is 2.34. The number of furan rings is 1. The van der Waals surface area contributed by atoms with Crippen molar-refractivity contribution in [3.63, 3.8) is 0 Å². The molecule has 0 atom stereocenters. The minimum Gasteiger partial charge on any atom is -0.467 e. The number of hydrogen-bond donors (Lipinski definition) is 2. The highest BCUT2D eigenvalue weighted by molar-refractivity contribution is 5.76. The molecule has 1 heterocycles. The number of nitrogens with zero attached hydrogens (tertiary/aromatic N) is 2. The molecule has 100 valence electrons. The number of nitrogens with one attached hydrogen (secondary N) is 1. The van der Waals surface area contributed by atoms with Crippen molar-refractivity contribution < 1.29 is 9.34 Å². The predicted molar refractivity (Wildman–Crippen MR) is 71.7 cm³/mol. The summed E-state index contributed by atoms with van der Waals surface area (Å²) in [5.74, 6) is 6.03. The second-order valence-corrected chi connectivity index (χ2v) is 4.01. The van der Waals surface area contributed by atoms with E-state index < -0.39 is 4.92 Å². The van der Waals surface area contributed by atoms with Crippen LogP contribution in [0.5, 0.6) is 0 Å². The second kappa shape index (κ2) is 5.40. The first-order valence-electron chi connectivity index (χ1n) is 5.61. The Bertz CT molecular complexity index is 568. The summed E-state index contributed by atoms with van der Waals surface area (Å²) in [7, 11) is 1.76. The fourth-order valence-electron chi connectivity index (χ4n) is 1.87. The third-order valence-electron chi connectivity index (χ3n) is 2.74. The van der Waals surface area contributed by atoms with Gasteiger partial charge in [0.2, 0.25) is 0 Å². The van der Waals surface area contributed by atoms with Gasteiger partial charge in [0, 0.05) is 7.05 Å². The van der Waals surface area contributed by atoms with Gasteiger partial charge in [0.25, 0.3) is 0 Å². The number of benzene rings is 1. The maximum absolute atomic E-state index is 11.2. The van der Waals surface area contributed by atoms with Crippen molar-refractivity contribution in [2.45, 2.75) is 6.54 Å². The van der Waals surface area contributed by atoms with Crippen LogP contribution in [0.4, 0.5) is 17.1 Å². The summed E-state index contributed by atoms with van der Waals surface area (Å²) in [6, 6.07) is 8.52. The lowest BCUT2D eigenvalue weighted by atomic mass is 10.2. The van der Waals surface area contributed by atoms with Gasteiger partial charge in [0.15, 0.2) is 0 Å². The van der Waals surface area contributed by atoms with E-state index in [0.29, 0.717) is 12.2 Å². The maximum Gasteiger partial charge on any atom is 0.316 e. The molecule has 7 heteroatoms. The van der Waals surface area contributed by atoms with E-state index in [4.69, 9.17) is 10.3 Å². The van der Waals surface area contributed by atoms with E-state index in [1.807, 2.05) is 6.07 Å². The Hall–Kier alpha value is -2.54. The lowest BCUT2D eigenvalue weighted by Crippen LogP contribution is -2.18. The first kappa shape index (κ1) is 12.9. The molecule has 0 fully saturated rings. The molecule has 0 bridgehead atoms. The van der Waals surface area contributed by atoms with E-state index in [2.05, 4.69) is 5.43 Å². The summed E-state index contributed by atoms with van der Waals surface area (Å²) in [6.07, 6.45) is 1.56. The standard InChI is InChI=1S/C12H14N4O3/c1-15(8-9-4-3-7-19-9)11-6-2-5-10(14-13)12(11)16(17)18/h2-7,14H,8,13H2,1H3. The Morgan fingerprint density at radius 1 is 1.42 bits per heavy atom. The number of hydrazine groups is 1. The number of rotatable bonds is 5. The summed E-state index contributed by atoms with van der Waals surface area (Å²) in [5.41, 5.74) is 3.02. The molecule has 0 saturated heterocycles. The van der Waals surface area contributed by atoms with E-state index in [9.17, 15) is 10.1 Å². The van der Waals surface area contributed by atoms with E-state index in [0.717, 1.165) is 5.76 Å². The number of hydrogen-bond acceptors (Lipinski definition) is 6. The second-order valence-electron chi connectivity index (χ2n) is 4.01. The van der Waals surface area contributed by atoms with Gasteiger partial charge in [-0.1, -0.05) is 6.07 Å². The molecule has 1 aromatic heterocycles. The number of nitro benzene ring substituents is 1. The Balaban J connectivity index is 2.35. The average Bonchev–Trinajstić information content (AvgIpc) is 2.90. The van der Waals surface area contributed by atoms with Gasteiger partial charge in [0.1, 0.15) is 17.1 Å². The van der Waals surface area contributed by atoms with Crippen LogP contribution in [0.3, 0.4) is 0 Å². The quantitative estimate of drug-likeness (QED) is 0.486. The monoisotopic (exact) mass is 262 g/mol. The van der Waals surface area contributed by atoms with Gasteiger partial charge in [0.05, 0.1) is 17.7 Å². The molecule has 2 aromatic rings. The van der Waals surface area contributed by atoms with Gasteiger partial charge in [-0.2, -0.15) is 0 Å². The summed E-state index contributed by atoms with van der Waals surface area (Å²) in [4.78, 5) is 12.4. The number of anilines is 2. The van der Waals surface area contributed by atoms with Crippen molar-refractivity contribution in [1.82, 2.24) is 0 Å². The Labute approximate surface area is 109 Å². The van der Waals surface area contributed by atoms with Gasteiger partial charge in [-0.15, -0.1) is 0 Å². The fraction of sp³-hybridized carbons (Fsp3) is 0.167. The van der Waals surface area contributed by atoms with Crippen LogP contribution in [0.25, 0.3) is 0 Å². The number of nitro groups is 1. The van der Waals surface area contributed by atoms with Crippen molar-refractivity contribution in [1.29, 1.82) is 0 Å². The molecular formula is C12H14N4O3. The largest absolute Gasteiger partial charge is 0.467 e. The van der Waals surface area contributed by atoms with Crippen LogP contribution in [0.2, 0.25) is 0 Å². The number of nitrogens with two attached hydrogens (primary N) is 1. The Kier molecular flexibility index (Phi) is 3.67. The van der Waals surface area contributed by atoms with Crippen molar-refractivity contribution in [2.75, 3.05) is 17.4 Å². The lowest BCUT2D eigenvalue weighted by Gasteiger charge is -2.18. The Morgan fingerprint density at radius 2 is 2.21 bits per heavy atom. The number of nitrogen functional groups attached to an aromatic ring is 1. The van der Waals surface area contributed by atoms with E-state index in [1.54, 1.807) is 42.5 Å². The van der Waals surface area contributed by atoms with Crippen molar-refractivity contribution >= 4 is 17.1 Å². The molecule has 19 heavy (non-hydrogen) atoms. The molecule has 2 rings (SSSR count). The lowest BCUT2D eigenvalue weighted by molar-refractivity contribution is -0.383. The highest BCUT2D eigenvalue weighted by atomic mass is 16.6. The van der Waals surface area contributed by atoms with Crippen LogP contribution in [-0.2, 0) is 6.54 Å². The molecular weight excluding hydrogens is 248 g/mol. The summed E-state index contributed by atoms with van der Waals surface area (Å²) in [6.45, 7) is 0.432. The Morgan fingerprint density at radius 3 is 2.79 bits per heavy atom. The smallest absolute Gasteiger partial charge is 0.316 e. The molecule has 0 amide bonds. The zero-order valence-corrected chi connectivity index (χ0v) is 10.4. The first-order valence-corrected chi connectivity index (χ1v) is 5.61. The zero-order valence-electron chi connectivity index (χ0n) is 10.4. The third kappa shape index (κ3) is 2.66. The topological polar surface area (TPSA) is 97.6 Å². The van der Waals surface area contributed by atoms with Gasteiger partial charge in [-0.3, -0.25) is 16.0 Å². The van der Waals surface area contributed by atoms with Gasteiger partial charge >= 0.3 is 5.69 Å². The minimum atomic E-state index is -0.455. The van der Waals surface area contributed by atoms with E-state index in [-0.39, 0.29) is 11.4 Å². The fourth-order valence-corrected chi connectivity index (χ4v) is 1.87. The average molecular weight is 262 g/mol. The maximum atomic E-state index is 11.2. The summed E-state index contributed by atoms with van der Waals surface area (Å²) >= 11 is 0. The molecule has 0 unspecified atom stereocenters. The zero-order chi connectivity index (χ0) is 13.8. The normalized spacial score (nSPS) is 10.2. The number of para-hydroxylation sites is 1. The molecule has 0 aliphatic carbocycles. The van der Waals surface area contributed by atoms with Gasteiger partial charge < -0.3 is 14.7 Å². The molecule has 1 aromatic carbocycles. The van der Waals surface area contributed by atoms with Crippen LogP contribution in [0.1, 0.15) is 5.76 Å². The van der Waals surface area contributed by atoms with Crippen LogP contribution in [0, 0.1) is 10.1 Å². The summed E-state index contributed by atoms with van der Waals surface area (Å²) in [5, 5.41) is 11.2. The molecule has 3 N–H and O–H groups in total.